The molecule has 1 aromatic carbocycles. The van der Waals surface area contributed by atoms with E-state index in [1.54, 1.807) is 43.5 Å². The van der Waals surface area contributed by atoms with Gasteiger partial charge in [-0.15, -0.1) is 0 Å². The maximum Gasteiger partial charge on any atom is 0.304 e. The number of rotatable bonds is 9. The Morgan fingerprint density at radius 1 is 1.08 bits per heavy atom. The lowest BCUT2D eigenvalue weighted by molar-refractivity contribution is -0.0675. The quantitative estimate of drug-likeness (QED) is 0.425. The fourth-order valence-electron chi connectivity index (χ4n) is 4.88. The molecule has 5 rings (SSSR count). The lowest BCUT2D eigenvalue weighted by Gasteiger charge is -2.58. The monoisotopic (exact) mass is 559 g/mol. The van der Waals surface area contributed by atoms with E-state index in [0.29, 0.717) is 23.7 Å². The van der Waals surface area contributed by atoms with Gasteiger partial charge in [-0.05, 0) is 43.8 Å². The Labute approximate surface area is 224 Å². The van der Waals surface area contributed by atoms with E-state index in [9.17, 15) is 22.0 Å². The Hall–Kier alpha value is -3.68. The molecule has 0 radical (unpaired) electrons. The molecule has 2 saturated heterocycles. The molecule has 39 heavy (non-hydrogen) atoms. The lowest BCUT2D eigenvalue weighted by Crippen LogP contribution is -2.73. The molecule has 2 aliphatic rings. The van der Waals surface area contributed by atoms with E-state index >= 15 is 0 Å². The second-order valence-electron chi connectivity index (χ2n) is 9.82. The van der Waals surface area contributed by atoms with Crippen LogP contribution in [0.5, 0.6) is 17.4 Å². The first-order chi connectivity index (χ1) is 18.6. The third-order valence-corrected chi connectivity index (χ3v) is 8.06. The summed E-state index contributed by atoms with van der Waals surface area (Å²) >= 11 is 0. The summed E-state index contributed by atoms with van der Waals surface area (Å²) in [6.07, 6.45) is 2.70. The molecule has 3 aromatic rings. The van der Waals surface area contributed by atoms with Gasteiger partial charge in [-0.2, -0.15) is 17.1 Å². The number of halogens is 2. The van der Waals surface area contributed by atoms with E-state index in [1.807, 2.05) is 11.8 Å². The third kappa shape index (κ3) is 5.56. The first-order valence-electron chi connectivity index (χ1n) is 12.3. The number of pyridine rings is 2. The standard InChI is InChI=1S/C26H27F2N5O5S/c1-3-20(19-9-7-17(12-30-19)37-22-6-4-5-11-29-22)38-21-10-8-18(23(27)24(21)28)25(34)31-39(35,36)33-15-26(16-33)13-32(2)14-26/h4-12,20H,3,13-16H2,1-2H3,(H,31,34)/t20-/m1/s1. The van der Waals surface area contributed by atoms with Gasteiger partial charge < -0.3 is 14.4 Å². The number of nitrogens with zero attached hydrogens (tertiary/aromatic N) is 4. The average Bonchev–Trinajstić information content (AvgIpc) is 2.87. The molecule has 2 fully saturated rings. The SMILES string of the molecule is CC[C@@H](Oc1ccc(C(=O)NS(=O)(=O)N2CC3(CN(C)C3)C2)c(F)c1F)c1ccc(Oc2ccccn2)cn1. The van der Waals surface area contributed by atoms with Crippen LogP contribution in [0.4, 0.5) is 8.78 Å². The van der Waals surface area contributed by atoms with Gasteiger partial charge in [-0.3, -0.25) is 9.78 Å². The molecule has 1 atom stereocenters. The first kappa shape index (κ1) is 26.9. The highest BCUT2D eigenvalue weighted by atomic mass is 32.2. The minimum Gasteiger partial charge on any atom is -0.481 e. The normalized spacial score (nSPS) is 17.6. The molecule has 2 aliphatic heterocycles. The third-order valence-electron chi connectivity index (χ3n) is 6.68. The number of hydrogen-bond donors (Lipinski definition) is 1. The summed E-state index contributed by atoms with van der Waals surface area (Å²) < 4.78 is 69.1. The minimum absolute atomic E-state index is 0.0972. The van der Waals surface area contributed by atoms with Crippen LogP contribution >= 0.6 is 0 Å². The highest BCUT2D eigenvalue weighted by Crippen LogP contribution is 2.39. The molecular weight excluding hydrogens is 532 g/mol. The van der Waals surface area contributed by atoms with Gasteiger partial charge in [0.1, 0.15) is 11.9 Å². The predicted molar refractivity (Wildman–Crippen MR) is 136 cm³/mol. The van der Waals surface area contributed by atoms with E-state index in [-0.39, 0.29) is 18.5 Å². The molecule has 1 spiro atoms. The van der Waals surface area contributed by atoms with Crippen LogP contribution in [-0.2, 0) is 10.2 Å². The highest BCUT2D eigenvalue weighted by Gasteiger charge is 2.54. The molecule has 1 amide bonds. The molecule has 10 nitrogen and oxygen atoms in total. The Kier molecular flexibility index (Phi) is 7.23. The maximum atomic E-state index is 14.9. The second kappa shape index (κ2) is 10.5. The Bertz CT molecular complexity index is 1460. The topological polar surface area (TPSA) is 114 Å². The van der Waals surface area contributed by atoms with Crippen molar-refractivity contribution < 1.29 is 31.5 Å². The van der Waals surface area contributed by atoms with Gasteiger partial charge in [-0.25, -0.2) is 14.1 Å². The van der Waals surface area contributed by atoms with Crippen LogP contribution in [0.1, 0.15) is 35.5 Å². The van der Waals surface area contributed by atoms with Gasteiger partial charge >= 0.3 is 10.2 Å². The number of carbonyl (C=O) groups excluding carboxylic acids is 1. The fourth-order valence-corrected chi connectivity index (χ4v) is 6.24. The van der Waals surface area contributed by atoms with Crippen molar-refractivity contribution in [1.82, 2.24) is 23.9 Å². The van der Waals surface area contributed by atoms with E-state index in [4.69, 9.17) is 9.47 Å². The second-order valence-corrected chi connectivity index (χ2v) is 11.5. The minimum atomic E-state index is -4.19. The van der Waals surface area contributed by atoms with E-state index in [1.165, 1.54) is 6.20 Å². The molecule has 0 aliphatic carbocycles. The summed E-state index contributed by atoms with van der Waals surface area (Å²) in [5.41, 5.74) is -0.396. The zero-order valence-corrected chi connectivity index (χ0v) is 22.1. The number of aromatic nitrogens is 2. The zero-order valence-electron chi connectivity index (χ0n) is 21.3. The molecular formula is C26H27F2N5O5S. The summed E-state index contributed by atoms with van der Waals surface area (Å²) in [5, 5.41) is 0. The van der Waals surface area contributed by atoms with Crippen LogP contribution in [0.3, 0.4) is 0 Å². The van der Waals surface area contributed by atoms with Crippen molar-refractivity contribution >= 4 is 16.1 Å². The number of likely N-dealkylation sites (tertiary alicyclic amines) is 1. The van der Waals surface area contributed by atoms with Crippen LogP contribution in [0.25, 0.3) is 0 Å². The highest BCUT2D eigenvalue weighted by molar-refractivity contribution is 7.87. The lowest BCUT2D eigenvalue weighted by atomic mass is 9.75. The van der Waals surface area contributed by atoms with Crippen LogP contribution in [-0.4, -0.2) is 66.7 Å². The van der Waals surface area contributed by atoms with Gasteiger partial charge in [0.05, 0.1) is 17.5 Å². The molecule has 0 saturated carbocycles. The van der Waals surface area contributed by atoms with Crippen LogP contribution in [0.2, 0.25) is 0 Å². The van der Waals surface area contributed by atoms with Crippen LogP contribution in [0, 0.1) is 17.0 Å². The van der Waals surface area contributed by atoms with Crippen LogP contribution in [0.15, 0.2) is 54.9 Å². The van der Waals surface area contributed by atoms with E-state index in [2.05, 4.69) is 14.9 Å². The van der Waals surface area contributed by atoms with Crippen molar-refractivity contribution in [3.8, 4) is 17.4 Å². The van der Waals surface area contributed by atoms with Gasteiger partial charge in [0.25, 0.3) is 5.91 Å². The van der Waals surface area contributed by atoms with Crippen molar-refractivity contribution in [2.24, 2.45) is 5.41 Å². The van der Waals surface area contributed by atoms with Gasteiger partial charge in [0.2, 0.25) is 11.7 Å². The summed E-state index contributed by atoms with van der Waals surface area (Å²) in [5.74, 6) is -3.79. The van der Waals surface area contributed by atoms with E-state index < -0.39 is 45.2 Å². The fraction of sp³-hybridized carbons (Fsp3) is 0.346. The summed E-state index contributed by atoms with van der Waals surface area (Å²) in [7, 11) is -2.25. The van der Waals surface area contributed by atoms with Crippen LogP contribution < -0.4 is 14.2 Å². The van der Waals surface area contributed by atoms with E-state index in [0.717, 1.165) is 29.5 Å². The molecule has 206 valence electrons. The molecule has 2 aromatic heterocycles. The van der Waals surface area contributed by atoms with Gasteiger partial charge in [0, 0.05) is 43.9 Å². The molecule has 1 N–H and O–H groups in total. The number of ether oxygens (including phenoxy) is 2. The van der Waals surface area contributed by atoms with Crippen molar-refractivity contribution in [3.63, 3.8) is 0 Å². The molecule has 0 unspecified atom stereocenters. The number of carbonyl (C=O) groups is 1. The molecule has 4 heterocycles. The van der Waals surface area contributed by atoms with Crippen molar-refractivity contribution in [2.75, 3.05) is 33.2 Å². The largest absolute Gasteiger partial charge is 0.481 e. The Morgan fingerprint density at radius 2 is 1.85 bits per heavy atom. The Balaban J connectivity index is 1.24. The van der Waals surface area contributed by atoms with Crippen molar-refractivity contribution in [1.29, 1.82) is 0 Å². The van der Waals surface area contributed by atoms with Gasteiger partial charge in [-0.1, -0.05) is 13.0 Å². The van der Waals surface area contributed by atoms with Crippen molar-refractivity contribution in [3.05, 3.63) is 77.8 Å². The van der Waals surface area contributed by atoms with Crippen molar-refractivity contribution in [2.45, 2.75) is 19.4 Å². The number of benzene rings is 1. The molecule has 0 bridgehead atoms. The predicted octanol–water partition coefficient (Wildman–Crippen LogP) is 3.30. The maximum absolute atomic E-state index is 14.9. The summed E-state index contributed by atoms with van der Waals surface area (Å²) in [6, 6.07) is 10.6. The average molecular weight is 560 g/mol. The summed E-state index contributed by atoms with van der Waals surface area (Å²) in [6.45, 7) is 3.86. The molecule has 13 heteroatoms. The summed E-state index contributed by atoms with van der Waals surface area (Å²) in [4.78, 5) is 23.0. The number of amides is 1. The smallest absolute Gasteiger partial charge is 0.304 e. The Morgan fingerprint density at radius 3 is 2.46 bits per heavy atom. The first-order valence-corrected chi connectivity index (χ1v) is 13.7. The van der Waals surface area contributed by atoms with Gasteiger partial charge in [0.15, 0.2) is 11.6 Å². The number of nitrogens with one attached hydrogen (secondary N) is 1. The zero-order chi connectivity index (χ0) is 27.8. The number of hydrogen-bond acceptors (Lipinski definition) is 8.